The summed E-state index contributed by atoms with van der Waals surface area (Å²) in [7, 11) is -1.62. The Morgan fingerprint density at radius 2 is 1.88 bits per heavy atom. The molecule has 7 heteroatoms. The van der Waals surface area contributed by atoms with E-state index in [1.807, 2.05) is 12.1 Å². The van der Waals surface area contributed by atoms with Gasteiger partial charge in [0.05, 0.1) is 0 Å². The highest BCUT2D eigenvalue weighted by Gasteiger charge is 2.31. The molecule has 0 saturated carbocycles. The predicted molar refractivity (Wildman–Crippen MR) is 102 cm³/mol. The maximum absolute atomic E-state index is 13.8. The zero-order valence-corrected chi connectivity index (χ0v) is 16.4. The number of nitrogens with zero attached hydrogens (tertiary/aromatic N) is 3. The van der Waals surface area contributed by atoms with Gasteiger partial charge >= 0.3 is 0 Å². The van der Waals surface area contributed by atoms with Crippen molar-refractivity contribution in [2.45, 2.75) is 32.1 Å². The smallest absolute Gasteiger partial charge is 0.281 e. The fraction of sp³-hybridized carbons (Fsp3) is 0.684. The van der Waals surface area contributed by atoms with Crippen LogP contribution in [0.15, 0.2) is 24.3 Å². The molecule has 0 amide bonds. The number of hydrogen-bond donors (Lipinski definition) is 0. The maximum Gasteiger partial charge on any atom is 0.281 e. The van der Waals surface area contributed by atoms with Crippen LogP contribution in [0.3, 0.4) is 0 Å². The second kappa shape index (κ2) is 8.78. The van der Waals surface area contributed by atoms with Crippen LogP contribution in [0, 0.1) is 11.7 Å². The average molecular weight is 384 g/mol. The third kappa shape index (κ3) is 4.82. The van der Waals surface area contributed by atoms with Crippen LogP contribution in [-0.4, -0.2) is 68.2 Å². The van der Waals surface area contributed by atoms with Crippen molar-refractivity contribution >= 4 is 10.2 Å². The molecule has 3 rings (SSSR count). The SMILES string of the molecule is CN(C[C@H]1CCCN(CCc2ccccc2F)C1)S(=O)(=O)N1CCCC1. The van der Waals surface area contributed by atoms with Gasteiger partial charge in [0, 0.05) is 39.8 Å². The highest BCUT2D eigenvalue weighted by Crippen LogP contribution is 2.21. The van der Waals surface area contributed by atoms with E-state index >= 15 is 0 Å². The minimum atomic E-state index is -3.32. The molecule has 2 aliphatic heterocycles. The Bertz CT molecular complexity index is 692. The van der Waals surface area contributed by atoms with Gasteiger partial charge in [-0.1, -0.05) is 18.2 Å². The number of likely N-dealkylation sites (tertiary alicyclic amines) is 1. The number of hydrogen-bond acceptors (Lipinski definition) is 3. The lowest BCUT2D eigenvalue weighted by Crippen LogP contribution is -2.46. The molecule has 2 saturated heterocycles. The Morgan fingerprint density at radius 3 is 2.62 bits per heavy atom. The van der Waals surface area contributed by atoms with E-state index in [4.69, 9.17) is 0 Å². The molecular weight excluding hydrogens is 353 g/mol. The lowest BCUT2D eigenvalue weighted by atomic mass is 9.97. The van der Waals surface area contributed by atoms with E-state index in [2.05, 4.69) is 4.90 Å². The molecule has 0 aromatic heterocycles. The van der Waals surface area contributed by atoms with Crippen LogP contribution in [0.1, 0.15) is 31.2 Å². The van der Waals surface area contributed by atoms with Crippen LogP contribution in [0.2, 0.25) is 0 Å². The van der Waals surface area contributed by atoms with Gasteiger partial charge in [0.15, 0.2) is 0 Å². The molecule has 1 aromatic rings. The number of rotatable bonds is 7. The van der Waals surface area contributed by atoms with Crippen LogP contribution >= 0.6 is 0 Å². The Labute approximate surface area is 157 Å². The molecule has 0 N–H and O–H groups in total. The Hall–Kier alpha value is -1.02. The van der Waals surface area contributed by atoms with Gasteiger partial charge in [-0.3, -0.25) is 0 Å². The van der Waals surface area contributed by atoms with Gasteiger partial charge in [0.1, 0.15) is 5.82 Å². The molecule has 26 heavy (non-hydrogen) atoms. The first kappa shape index (κ1) is 19.7. The van der Waals surface area contributed by atoms with Crippen LogP contribution in [0.25, 0.3) is 0 Å². The second-order valence-corrected chi connectivity index (χ2v) is 9.58. The summed E-state index contributed by atoms with van der Waals surface area (Å²) in [6, 6.07) is 6.93. The molecule has 2 fully saturated rings. The summed E-state index contributed by atoms with van der Waals surface area (Å²) in [5.74, 6) is 0.198. The van der Waals surface area contributed by atoms with Crippen molar-refractivity contribution < 1.29 is 12.8 Å². The van der Waals surface area contributed by atoms with Gasteiger partial charge in [-0.2, -0.15) is 17.0 Å². The van der Waals surface area contributed by atoms with Gasteiger partial charge in [0.25, 0.3) is 10.2 Å². The zero-order chi connectivity index (χ0) is 18.6. The van der Waals surface area contributed by atoms with Gasteiger partial charge in [-0.25, -0.2) is 4.39 Å². The van der Waals surface area contributed by atoms with Crippen LogP contribution in [-0.2, 0) is 16.6 Å². The van der Waals surface area contributed by atoms with Crippen molar-refractivity contribution in [2.24, 2.45) is 5.92 Å². The normalized spacial score (nSPS) is 23.0. The second-order valence-electron chi connectivity index (χ2n) is 7.54. The van der Waals surface area contributed by atoms with Gasteiger partial charge < -0.3 is 4.90 Å². The molecule has 2 heterocycles. The fourth-order valence-electron chi connectivity index (χ4n) is 4.06. The van der Waals surface area contributed by atoms with Crippen molar-refractivity contribution in [3.05, 3.63) is 35.6 Å². The summed E-state index contributed by atoms with van der Waals surface area (Å²) in [6.45, 7) is 4.56. The van der Waals surface area contributed by atoms with Crippen LogP contribution < -0.4 is 0 Å². The van der Waals surface area contributed by atoms with E-state index in [0.717, 1.165) is 50.9 Å². The first-order valence-corrected chi connectivity index (χ1v) is 11.0. The van der Waals surface area contributed by atoms with Crippen LogP contribution in [0.4, 0.5) is 4.39 Å². The third-order valence-corrected chi connectivity index (χ3v) is 7.51. The largest absolute Gasteiger partial charge is 0.303 e. The van der Waals surface area contributed by atoms with E-state index in [0.29, 0.717) is 32.0 Å². The lowest BCUT2D eigenvalue weighted by Gasteiger charge is -2.35. The molecule has 0 aliphatic carbocycles. The van der Waals surface area contributed by atoms with E-state index in [9.17, 15) is 12.8 Å². The van der Waals surface area contributed by atoms with E-state index in [1.54, 1.807) is 17.4 Å². The van der Waals surface area contributed by atoms with Gasteiger partial charge in [-0.15, -0.1) is 0 Å². The molecule has 0 bridgehead atoms. The summed E-state index contributed by atoms with van der Waals surface area (Å²) < 4.78 is 42.2. The number of benzene rings is 1. The Balaban J connectivity index is 1.51. The summed E-state index contributed by atoms with van der Waals surface area (Å²) >= 11 is 0. The summed E-state index contributed by atoms with van der Waals surface area (Å²) in [4.78, 5) is 2.34. The highest BCUT2D eigenvalue weighted by atomic mass is 32.2. The first-order valence-electron chi connectivity index (χ1n) is 9.64. The van der Waals surface area contributed by atoms with Crippen molar-refractivity contribution in [1.29, 1.82) is 0 Å². The van der Waals surface area contributed by atoms with Crippen molar-refractivity contribution in [2.75, 3.05) is 46.3 Å². The van der Waals surface area contributed by atoms with Crippen molar-refractivity contribution in [3.8, 4) is 0 Å². The van der Waals surface area contributed by atoms with Crippen molar-refractivity contribution in [3.63, 3.8) is 0 Å². The highest BCUT2D eigenvalue weighted by molar-refractivity contribution is 7.86. The zero-order valence-electron chi connectivity index (χ0n) is 15.6. The maximum atomic E-state index is 13.8. The average Bonchev–Trinajstić information content (AvgIpc) is 3.17. The van der Waals surface area contributed by atoms with E-state index < -0.39 is 10.2 Å². The van der Waals surface area contributed by atoms with E-state index in [1.165, 1.54) is 10.4 Å². The van der Waals surface area contributed by atoms with Crippen LogP contribution in [0.5, 0.6) is 0 Å². The molecule has 1 aromatic carbocycles. The molecule has 2 aliphatic rings. The minimum Gasteiger partial charge on any atom is -0.303 e. The summed E-state index contributed by atoms with van der Waals surface area (Å²) in [5.41, 5.74) is 0.753. The Morgan fingerprint density at radius 1 is 1.15 bits per heavy atom. The van der Waals surface area contributed by atoms with Gasteiger partial charge in [-0.05, 0) is 56.2 Å². The number of halogens is 1. The third-order valence-electron chi connectivity index (χ3n) is 5.56. The molecule has 146 valence electrons. The topological polar surface area (TPSA) is 43.9 Å². The first-order chi connectivity index (χ1) is 12.5. The quantitative estimate of drug-likeness (QED) is 0.726. The van der Waals surface area contributed by atoms with Gasteiger partial charge in [0.2, 0.25) is 0 Å². The van der Waals surface area contributed by atoms with Crippen molar-refractivity contribution in [1.82, 2.24) is 13.5 Å². The lowest BCUT2D eigenvalue weighted by molar-refractivity contribution is 0.161. The number of piperidine rings is 1. The predicted octanol–water partition coefficient (Wildman–Crippen LogP) is 2.35. The summed E-state index contributed by atoms with van der Waals surface area (Å²) in [5, 5.41) is 0. The fourth-order valence-corrected chi connectivity index (χ4v) is 5.57. The summed E-state index contributed by atoms with van der Waals surface area (Å²) in [6.07, 6.45) is 4.73. The Kier molecular flexibility index (Phi) is 6.66. The standard InChI is InChI=1S/C19H30FN3O2S/c1-21(26(24,25)23-12-4-5-13-23)15-17-7-6-11-22(16-17)14-10-18-8-2-3-9-19(18)20/h2-3,8-9,17H,4-7,10-16H2,1H3/t17-/m1/s1. The molecule has 0 spiro atoms. The monoisotopic (exact) mass is 383 g/mol. The molecular formula is C19H30FN3O2S. The molecule has 5 nitrogen and oxygen atoms in total. The molecule has 0 unspecified atom stereocenters. The minimum absolute atomic E-state index is 0.141. The molecule has 1 atom stereocenters. The molecule has 0 radical (unpaired) electrons. The van der Waals surface area contributed by atoms with E-state index in [-0.39, 0.29) is 5.82 Å².